The zero-order valence-corrected chi connectivity index (χ0v) is 11.0. The lowest BCUT2D eigenvalue weighted by molar-refractivity contribution is -0.138. The molecule has 1 radical (unpaired) electrons. The maximum absolute atomic E-state index is 13.0. The molecule has 0 atom stereocenters. The zero-order chi connectivity index (χ0) is 14.8. The van der Waals surface area contributed by atoms with Gasteiger partial charge in [0.15, 0.2) is 0 Å². The number of alkyl halides is 3. The molecule has 0 saturated heterocycles. The molecule has 0 aliphatic rings. The molecule has 2 aromatic rings. The molecular formula is C14H10F3O2S. The lowest BCUT2D eigenvalue weighted by Gasteiger charge is -2.13. The van der Waals surface area contributed by atoms with Gasteiger partial charge in [-0.15, -0.1) is 0 Å². The molecule has 0 saturated carbocycles. The molecule has 0 aliphatic heterocycles. The van der Waals surface area contributed by atoms with Crippen molar-refractivity contribution in [2.75, 3.05) is 0 Å². The van der Waals surface area contributed by atoms with Gasteiger partial charge in [0.05, 0.1) is 11.3 Å². The van der Waals surface area contributed by atoms with E-state index in [1.807, 2.05) is 0 Å². The van der Waals surface area contributed by atoms with E-state index < -0.39 is 28.2 Å². The molecule has 2 aromatic carbocycles. The standard InChI is InChI=1S/C14H10F3O2S/c15-14(16,17)13-8-11(10-4-2-1-3-5-10)6-7-12(13)9-20(18)19/h1-5,7-8,20H,9H2. The lowest BCUT2D eigenvalue weighted by Crippen LogP contribution is -2.10. The highest BCUT2D eigenvalue weighted by molar-refractivity contribution is 7.71. The first-order valence-electron chi connectivity index (χ1n) is 5.67. The summed E-state index contributed by atoms with van der Waals surface area (Å²) >= 11 is 0. The smallest absolute Gasteiger partial charge is 0.232 e. The van der Waals surface area contributed by atoms with Crippen LogP contribution in [0.2, 0.25) is 0 Å². The molecule has 0 fully saturated rings. The highest BCUT2D eigenvalue weighted by Crippen LogP contribution is 2.35. The van der Waals surface area contributed by atoms with Crippen molar-refractivity contribution in [1.82, 2.24) is 0 Å². The first kappa shape index (κ1) is 14.6. The second-order valence-electron chi connectivity index (χ2n) is 4.14. The summed E-state index contributed by atoms with van der Waals surface area (Å²) < 4.78 is 60.3. The summed E-state index contributed by atoms with van der Waals surface area (Å²) in [5.74, 6) is -0.643. The van der Waals surface area contributed by atoms with Gasteiger partial charge in [0.1, 0.15) is 10.7 Å². The predicted octanol–water partition coefficient (Wildman–Crippen LogP) is 3.28. The Kier molecular flexibility index (Phi) is 4.13. The second-order valence-corrected chi connectivity index (χ2v) is 5.12. The van der Waals surface area contributed by atoms with Crippen LogP contribution in [-0.2, 0) is 22.6 Å². The molecule has 0 N–H and O–H groups in total. The summed E-state index contributed by atoms with van der Waals surface area (Å²) in [4.78, 5) is 0. The minimum absolute atomic E-state index is 0.280. The molecule has 0 aromatic heterocycles. The van der Waals surface area contributed by atoms with Gasteiger partial charge in [-0.2, -0.15) is 13.2 Å². The van der Waals surface area contributed by atoms with Gasteiger partial charge in [0, 0.05) is 0 Å². The van der Waals surface area contributed by atoms with Gasteiger partial charge in [-0.3, -0.25) is 0 Å². The summed E-state index contributed by atoms with van der Waals surface area (Å²) in [5, 5.41) is 0. The third-order valence-electron chi connectivity index (χ3n) is 2.73. The summed E-state index contributed by atoms with van der Waals surface area (Å²) in [6.07, 6.45) is -4.60. The van der Waals surface area contributed by atoms with Crippen LogP contribution in [0.25, 0.3) is 11.1 Å². The molecular weight excluding hydrogens is 289 g/mol. The monoisotopic (exact) mass is 299 g/mol. The third-order valence-corrected chi connectivity index (χ3v) is 3.33. The van der Waals surface area contributed by atoms with Crippen LogP contribution in [-0.4, -0.2) is 8.42 Å². The topological polar surface area (TPSA) is 34.1 Å². The van der Waals surface area contributed by atoms with Crippen LogP contribution in [0.1, 0.15) is 11.1 Å². The lowest BCUT2D eigenvalue weighted by atomic mass is 9.99. The number of hydrogen-bond acceptors (Lipinski definition) is 2. The van der Waals surface area contributed by atoms with E-state index in [2.05, 4.69) is 6.07 Å². The highest BCUT2D eigenvalue weighted by atomic mass is 32.2. The van der Waals surface area contributed by atoms with E-state index in [1.54, 1.807) is 30.3 Å². The van der Waals surface area contributed by atoms with E-state index in [0.717, 1.165) is 12.1 Å². The fraction of sp³-hybridized carbons (Fsp3) is 0.143. The van der Waals surface area contributed by atoms with Crippen LogP contribution in [0.15, 0.2) is 42.5 Å². The van der Waals surface area contributed by atoms with Gasteiger partial charge in [0.25, 0.3) is 0 Å². The largest absolute Gasteiger partial charge is 0.416 e. The van der Waals surface area contributed by atoms with E-state index in [4.69, 9.17) is 0 Å². The van der Waals surface area contributed by atoms with Crippen molar-refractivity contribution < 1.29 is 21.6 Å². The number of rotatable bonds is 3. The Balaban J connectivity index is 2.55. The first-order valence-corrected chi connectivity index (χ1v) is 7.03. The van der Waals surface area contributed by atoms with Crippen LogP contribution in [0, 0.1) is 6.07 Å². The fourth-order valence-electron chi connectivity index (χ4n) is 1.84. The van der Waals surface area contributed by atoms with Crippen molar-refractivity contribution in [3.63, 3.8) is 0 Å². The van der Waals surface area contributed by atoms with E-state index in [1.165, 1.54) is 0 Å². The molecule has 20 heavy (non-hydrogen) atoms. The van der Waals surface area contributed by atoms with Crippen molar-refractivity contribution in [3.05, 3.63) is 59.7 Å². The number of thiol groups is 1. The minimum Gasteiger partial charge on any atom is -0.232 e. The Morgan fingerprint density at radius 1 is 1.10 bits per heavy atom. The van der Waals surface area contributed by atoms with Crippen molar-refractivity contribution in [2.24, 2.45) is 0 Å². The molecule has 0 bridgehead atoms. The second kappa shape index (κ2) is 5.66. The summed E-state index contributed by atoms with van der Waals surface area (Å²) in [6, 6.07) is 13.2. The molecule has 0 heterocycles. The van der Waals surface area contributed by atoms with Gasteiger partial charge in [-0.25, -0.2) is 8.42 Å². The maximum Gasteiger partial charge on any atom is 0.416 e. The van der Waals surface area contributed by atoms with Crippen LogP contribution < -0.4 is 0 Å². The molecule has 2 nitrogen and oxygen atoms in total. The van der Waals surface area contributed by atoms with Gasteiger partial charge in [0.2, 0.25) is 0 Å². The number of benzene rings is 2. The summed E-state index contributed by atoms with van der Waals surface area (Å²) in [6.45, 7) is 0. The van der Waals surface area contributed by atoms with Crippen molar-refractivity contribution >= 4 is 10.7 Å². The molecule has 2 rings (SSSR count). The molecule has 105 valence electrons. The van der Waals surface area contributed by atoms with Crippen LogP contribution in [0.4, 0.5) is 13.2 Å². The zero-order valence-electron chi connectivity index (χ0n) is 10.1. The minimum atomic E-state index is -4.60. The maximum atomic E-state index is 13.0. The molecule has 0 unspecified atom stereocenters. The molecule has 6 heteroatoms. The molecule has 0 spiro atoms. The number of hydrogen-bond donors (Lipinski definition) is 1. The predicted molar refractivity (Wildman–Crippen MR) is 69.7 cm³/mol. The highest BCUT2D eigenvalue weighted by Gasteiger charge is 2.33. The van der Waals surface area contributed by atoms with Crippen LogP contribution >= 0.6 is 0 Å². The van der Waals surface area contributed by atoms with Gasteiger partial charge in [-0.05, 0) is 34.9 Å². The van der Waals surface area contributed by atoms with Gasteiger partial charge >= 0.3 is 6.18 Å². The fourth-order valence-corrected chi connectivity index (χ4v) is 2.38. The van der Waals surface area contributed by atoms with E-state index >= 15 is 0 Å². The SMILES string of the molecule is O=[SH](=O)Cc1c[c]c(-c2ccccc2)cc1C(F)(F)F. The van der Waals surface area contributed by atoms with Crippen LogP contribution in [0.5, 0.6) is 0 Å². The molecule has 0 amide bonds. The van der Waals surface area contributed by atoms with E-state index in [-0.39, 0.29) is 11.1 Å². The Labute approximate surface area is 115 Å². The van der Waals surface area contributed by atoms with Crippen molar-refractivity contribution in [3.8, 4) is 11.1 Å². The van der Waals surface area contributed by atoms with Gasteiger partial charge < -0.3 is 0 Å². The third kappa shape index (κ3) is 3.39. The Morgan fingerprint density at radius 3 is 2.30 bits per heavy atom. The first-order chi connectivity index (χ1) is 9.38. The Morgan fingerprint density at radius 2 is 1.75 bits per heavy atom. The Hall–Kier alpha value is -1.82. The molecule has 0 aliphatic carbocycles. The average Bonchev–Trinajstić information content (AvgIpc) is 2.38. The number of halogens is 3. The normalized spacial score (nSPS) is 11.8. The van der Waals surface area contributed by atoms with Gasteiger partial charge in [-0.1, -0.05) is 30.3 Å². The summed E-state index contributed by atoms with van der Waals surface area (Å²) in [5.41, 5.74) is -0.346. The Bertz CT molecular complexity index is 669. The van der Waals surface area contributed by atoms with E-state index in [0.29, 0.717) is 5.56 Å². The van der Waals surface area contributed by atoms with Crippen molar-refractivity contribution in [2.45, 2.75) is 11.9 Å². The van der Waals surface area contributed by atoms with Crippen molar-refractivity contribution in [1.29, 1.82) is 0 Å². The van der Waals surface area contributed by atoms with Crippen LogP contribution in [0.3, 0.4) is 0 Å². The average molecular weight is 299 g/mol. The van der Waals surface area contributed by atoms with E-state index in [9.17, 15) is 21.6 Å². The quantitative estimate of drug-likeness (QED) is 0.883. The summed E-state index contributed by atoms with van der Waals surface area (Å²) in [7, 11) is -2.92.